The lowest BCUT2D eigenvalue weighted by atomic mass is 10.0. The van der Waals surface area contributed by atoms with Gasteiger partial charge in [0.05, 0.1) is 23.3 Å². The number of hydrogen-bond acceptors (Lipinski definition) is 10. The minimum atomic E-state index is -6.24. The molecule has 1 fully saturated rings. The first kappa shape index (κ1) is 29.7. The van der Waals surface area contributed by atoms with Gasteiger partial charge in [-0.05, 0) is 36.4 Å². The summed E-state index contributed by atoms with van der Waals surface area (Å²) in [6.07, 6.45) is -8.02. The van der Waals surface area contributed by atoms with E-state index in [0.717, 1.165) is 0 Å². The second-order valence-electron chi connectivity index (χ2n) is 8.48. The summed E-state index contributed by atoms with van der Waals surface area (Å²) in [5.41, 5.74) is -5.89. The molecule has 0 aromatic heterocycles. The zero-order chi connectivity index (χ0) is 29.6. The van der Waals surface area contributed by atoms with Gasteiger partial charge in [0.1, 0.15) is 6.10 Å². The van der Waals surface area contributed by atoms with Crippen LogP contribution in [0.4, 0.5) is 13.2 Å². The van der Waals surface area contributed by atoms with Crippen molar-refractivity contribution in [1.82, 2.24) is 0 Å². The van der Waals surface area contributed by atoms with Crippen molar-refractivity contribution < 1.29 is 59.1 Å². The zero-order valence-corrected chi connectivity index (χ0v) is 21.6. The Morgan fingerprint density at radius 2 is 1.05 bits per heavy atom. The highest BCUT2D eigenvalue weighted by atomic mass is 32.2. The van der Waals surface area contributed by atoms with Crippen molar-refractivity contribution in [2.45, 2.75) is 30.1 Å². The van der Waals surface area contributed by atoms with Crippen LogP contribution in [0.2, 0.25) is 0 Å². The van der Waals surface area contributed by atoms with E-state index in [1.807, 2.05) is 0 Å². The maximum atomic E-state index is 13.2. The number of carbonyl (C=O) groups excluding carboxylic acids is 3. The van der Waals surface area contributed by atoms with Gasteiger partial charge in [-0.2, -0.15) is 21.6 Å². The van der Waals surface area contributed by atoms with Gasteiger partial charge in [0, 0.05) is 0 Å². The summed E-state index contributed by atoms with van der Waals surface area (Å²) in [5, 5.41) is 0. The van der Waals surface area contributed by atoms with Crippen molar-refractivity contribution in [1.29, 1.82) is 0 Å². The predicted molar refractivity (Wildman–Crippen MR) is 133 cm³/mol. The Labute approximate surface area is 231 Å². The molecular formula is C27H21F3O10S. The van der Waals surface area contributed by atoms with Crippen molar-refractivity contribution in [3.05, 3.63) is 108 Å². The van der Waals surface area contributed by atoms with Crippen molar-refractivity contribution in [2.24, 2.45) is 0 Å². The Balaban J connectivity index is 1.72. The van der Waals surface area contributed by atoms with E-state index in [1.165, 1.54) is 72.8 Å². The molecule has 0 N–H and O–H groups in total. The minimum absolute atomic E-state index is 0.0280. The lowest BCUT2D eigenvalue weighted by molar-refractivity contribution is -0.247. The van der Waals surface area contributed by atoms with Gasteiger partial charge in [-0.1, -0.05) is 54.6 Å². The molecule has 3 aromatic carbocycles. The van der Waals surface area contributed by atoms with Crippen LogP contribution in [0.15, 0.2) is 91.0 Å². The van der Waals surface area contributed by atoms with Crippen molar-refractivity contribution in [3.8, 4) is 0 Å². The summed E-state index contributed by atoms with van der Waals surface area (Å²) in [6, 6.07) is 21.9. The molecule has 3 aromatic rings. The third-order valence-electron chi connectivity index (χ3n) is 5.65. The number of halogens is 3. The Morgan fingerprint density at radius 3 is 1.46 bits per heavy atom. The molecule has 0 aliphatic carbocycles. The molecule has 14 heteroatoms. The highest BCUT2D eigenvalue weighted by Gasteiger charge is 2.55. The van der Waals surface area contributed by atoms with Crippen molar-refractivity contribution >= 4 is 28.0 Å². The van der Waals surface area contributed by atoms with Gasteiger partial charge in [0.25, 0.3) is 0 Å². The molecule has 1 aliphatic heterocycles. The first-order valence-electron chi connectivity index (χ1n) is 11.9. The molecule has 0 amide bonds. The number of esters is 3. The van der Waals surface area contributed by atoms with Gasteiger partial charge < -0.3 is 18.9 Å². The molecule has 10 nitrogen and oxygen atoms in total. The van der Waals surface area contributed by atoms with Gasteiger partial charge in [-0.3, -0.25) is 4.18 Å². The van der Waals surface area contributed by atoms with E-state index >= 15 is 0 Å². The molecule has 0 bridgehead atoms. The predicted octanol–water partition coefficient (Wildman–Crippen LogP) is 3.89. The molecule has 1 aliphatic rings. The fourth-order valence-corrected chi connectivity index (χ4v) is 4.29. The van der Waals surface area contributed by atoms with Gasteiger partial charge >= 0.3 is 33.5 Å². The second-order valence-corrected chi connectivity index (χ2v) is 10.0. The number of benzene rings is 3. The Bertz CT molecular complexity index is 1470. The number of hydrogen-bond donors (Lipinski definition) is 0. The molecule has 4 rings (SSSR count). The normalized spacial score (nSPS) is 21.0. The van der Waals surface area contributed by atoms with E-state index in [2.05, 4.69) is 4.18 Å². The van der Waals surface area contributed by atoms with E-state index < -0.39 is 64.7 Å². The van der Waals surface area contributed by atoms with Gasteiger partial charge in [-0.15, -0.1) is 0 Å². The molecule has 0 saturated carbocycles. The van der Waals surface area contributed by atoms with E-state index in [9.17, 15) is 36.0 Å². The van der Waals surface area contributed by atoms with Crippen LogP contribution in [0.25, 0.3) is 0 Å². The largest absolute Gasteiger partial charge is 0.523 e. The Kier molecular flexibility index (Phi) is 9.05. The van der Waals surface area contributed by atoms with E-state index in [-0.39, 0.29) is 16.7 Å². The Morgan fingerprint density at radius 1 is 0.659 bits per heavy atom. The van der Waals surface area contributed by atoms with E-state index in [4.69, 9.17) is 18.9 Å². The third-order valence-corrected chi connectivity index (χ3v) is 6.72. The first-order chi connectivity index (χ1) is 19.5. The summed E-state index contributed by atoms with van der Waals surface area (Å²) >= 11 is 0. The van der Waals surface area contributed by atoms with Crippen LogP contribution in [0.1, 0.15) is 31.1 Å². The number of ether oxygens (including phenoxy) is 4. The summed E-state index contributed by atoms with van der Waals surface area (Å²) in [4.78, 5) is 38.7. The fourth-order valence-electron chi connectivity index (χ4n) is 3.69. The van der Waals surface area contributed by atoms with Crippen LogP contribution in [0.3, 0.4) is 0 Å². The molecule has 4 atom stereocenters. The summed E-state index contributed by atoms with van der Waals surface area (Å²) in [6.45, 7) is -0.964. The van der Waals surface area contributed by atoms with Crippen molar-refractivity contribution in [3.63, 3.8) is 0 Å². The van der Waals surface area contributed by atoms with Crippen LogP contribution < -0.4 is 0 Å². The highest BCUT2D eigenvalue weighted by Crippen LogP contribution is 2.32. The van der Waals surface area contributed by atoms with Crippen LogP contribution >= 0.6 is 0 Å². The average molecular weight is 595 g/mol. The van der Waals surface area contributed by atoms with Crippen LogP contribution in [-0.2, 0) is 33.2 Å². The molecular weight excluding hydrogens is 573 g/mol. The number of alkyl halides is 3. The molecule has 0 spiro atoms. The molecule has 1 saturated heterocycles. The minimum Gasteiger partial charge on any atom is -0.452 e. The van der Waals surface area contributed by atoms with E-state index in [1.54, 1.807) is 18.2 Å². The lowest BCUT2D eigenvalue weighted by Crippen LogP contribution is -2.59. The summed E-state index contributed by atoms with van der Waals surface area (Å²) in [5.74, 6) is -3.17. The maximum Gasteiger partial charge on any atom is 0.523 e. The Hall–Kier alpha value is -4.27. The molecule has 0 radical (unpaired) electrons. The third kappa shape index (κ3) is 7.28. The van der Waals surface area contributed by atoms with Crippen LogP contribution in [0.5, 0.6) is 0 Å². The van der Waals surface area contributed by atoms with E-state index in [0.29, 0.717) is 0 Å². The van der Waals surface area contributed by atoms with Gasteiger partial charge in [0.15, 0.2) is 6.10 Å². The number of rotatable bonds is 8. The quantitative estimate of drug-likeness (QED) is 0.164. The molecule has 41 heavy (non-hydrogen) atoms. The standard InChI is InChI=1S/C27H21F3O10S/c28-27(29,30)41(34,35)40-20-16-36-26(39-25(33)19-14-8-3-9-15-19)22(38-24(32)18-12-6-2-7-13-18)21(20)37-23(31)17-10-4-1-5-11-17/h1-15,20-22,26H,16H2/t20-,21-,22+,26+/m0/s1. The summed E-state index contributed by atoms with van der Waals surface area (Å²) < 4.78 is 89.2. The number of carbonyl (C=O) groups is 3. The van der Waals surface area contributed by atoms with Gasteiger partial charge in [0.2, 0.25) is 12.4 Å². The molecule has 1 heterocycles. The van der Waals surface area contributed by atoms with Crippen LogP contribution in [-0.4, -0.2) is 63.0 Å². The maximum absolute atomic E-state index is 13.2. The summed E-state index contributed by atoms with van der Waals surface area (Å²) in [7, 11) is -6.24. The zero-order valence-electron chi connectivity index (χ0n) is 20.8. The first-order valence-corrected chi connectivity index (χ1v) is 13.3. The molecule has 0 unspecified atom stereocenters. The highest BCUT2D eigenvalue weighted by molar-refractivity contribution is 7.87. The smallest absolute Gasteiger partial charge is 0.452 e. The topological polar surface area (TPSA) is 132 Å². The second kappa shape index (κ2) is 12.5. The fraction of sp³-hybridized carbons (Fsp3) is 0.222. The lowest BCUT2D eigenvalue weighted by Gasteiger charge is -2.40. The van der Waals surface area contributed by atoms with Gasteiger partial charge in [-0.25, -0.2) is 14.4 Å². The monoisotopic (exact) mass is 594 g/mol. The van der Waals surface area contributed by atoms with Crippen molar-refractivity contribution in [2.75, 3.05) is 6.61 Å². The molecule has 216 valence electrons. The average Bonchev–Trinajstić information content (AvgIpc) is 2.96. The van der Waals surface area contributed by atoms with Crippen LogP contribution in [0, 0.1) is 0 Å². The SMILES string of the molecule is O=C(O[C@H]1OC[C@H](OS(=O)(=O)C(F)(F)F)[C@H](OC(=O)c2ccccc2)[C@H]1OC(=O)c1ccccc1)c1ccccc1.